The number of halogens is 2. The quantitative estimate of drug-likeness (QED) is 0.679. The van der Waals surface area contributed by atoms with E-state index >= 15 is 0 Å². The largest absolute Gasteiger partial charge is 0.477 e. The van der Waals surface area contributed by atoms with Crippen LogP contribution in [0.4, 0.5) is 0 Å². The van der Waals surface area contributed by atoms with Gasteiger partial charge in [0.05, 0.1) is 0 Å². The molecule has 1 N–H and O–H groups in total. The number of ketones is 1. The molecule has 17 heavy (non-hydrogen) atoms. The minimum Gasteiger partial charge on any atom is -0.477 e. The molecule has 0 heterocycles. The van der Waals surface area contributed by atoms with Crippen molar-refractivity contribution >= 4 is 35.0 Å². The Morgan fingerprint density at radius 3 is 2.24 bits per heavy atom. The Morgan fingerprint density at radius 1 is 1.12 bits per heavy atom. The van der Waals surface area contributed by atoms with Gasteiger partial charge in [0.25, 0.3) is 0 Å². The third-order valence-electron chi connectivity index (χ3n) is 2.22. The summed E-state index contributed by atoms with van der Waals surface area (Å²) in [6.07, 6.45) is 0. The molecule has 0 saturated carbocycles. The van der Waals surface area contributed by atoms with Gasteiger partial charge in [-0.25, -0.2) is 4.79 Å². The molecule has 0 atom stereocenters. The lowest BCUT2D eigenvalue weighted by Crippen LogP contribution is -2.07. The van der Waals surface area contributed by atoms with Crippen molar-refractivity contribution < 1.29 is 14.7 Å². The predicted octanol–water partition coefficient (Wildman–Crippen LogP) is 3.26. The van der Waals surface area contributed by atoms with E-state index in [0.717, 1.165) is 5.56 Å². The van der Waals surface area contributed by atoms with E-state index in [1.54, 1.807) is 19.1 Å². The van der Waals surface area contributed by atoms with Gasteiger partial charge in [0, 0.05) is 5.56 Å². The van der Waals surface area contributed by atoms with E-state index < -0.39 is 21.8 Å². The smallest absolute Gasteiger partial charge is 0.349 e. The van der Waals surface area contributed by atoms with Crippen LogP contribution in [0.15, 0.2) is 28.3 Å². The van der Waals surface area contributed by atoms with Crippen molar-refractivity contribution in [2.24, 2.45) is 0 Å². The van der Waals surface area contributed by atoms with Crippen LogP contribution in [0.1, 0.15) is 21.5 Å². The number of hydrogen-bond acceptors (Lipinski definition) is 2. The number of Topliss-reactive ketones (excluding diaryl/α,β-unsaturated/α-hetero) is 1. The first-order chi connectivity index (χ1) is 7.84. The maximum atomic E-state index is 11.9. The first-order valence-corrected chi connectivity index (χ1v) is 5.50. The summed E-state index contributed by atoms with van der Waals surface area (Å²) in [6, 6.07) is 5.26. The second-order valence-electron chi connectivity index (χ2n) is 3.58. The van der Waals surface area contributed by atoms with Gasteiger partial charge in [-0.05, 0) is 25.5 Å². The van der Waals surface area contributed by atoms with Crippen molar-refractivity contribution in [2.45, 2.75) is 13.8 Å². The summed E-state index contributed by atoms with van der Waals surface area (Å²) < 4.78 is 0. The van der Waals surface area contributed by atoms with E-state index in [1.807, 2.05) is 13.0 Å². The zero-order valence-corrected chi connectivity index (χ0v) is 10.8. The molecule has 0 aliphatic heterocycles. The van der Waals surface area contributed by atoms with Crippen LogP contribution in [0.2, 0.25) is 0 Å². The molecule has 0 saturated heterocycles. The van der Waals surface area contributed by atoms with Gasteiger partial charge in [-0.1, -0.05) is 40.9 Å². The number of benzene rings is 1. The lowest BCUT2D eigenvalue weighted by atomic mass is 10.0. The molecule has 90 valence electrons. The van der Waals surface area contributed by atoms with Crippen LogP contribution in [0, 0.1) is 13.8 Å². The number of carbonyl (C=O) groups is 2. The van der Waals surface area contributed by atoms with Crippen LogP contribution in [0.25, 0.3) is 0 Å². The van der Waals surface area contributed by atoms with Crippen LogP contribution in [-0.2, 0) is 4.79 Å². The second kappa shape index (κ2) is 5.34. The Morgan fingerprint density at radius 2 is 1.71 bits per heavy atom. The summed E-state index contributed by atoms with van der Waals surface area (Å²) in [5.74, 6) is -2.00. The van der Waals surface area contributed by atoms with E-state index in [2.05, 4.69) is 0 Å². The number of carboxylic acids is 1. The van der Waals surface area contributed by atoms with Gasteiger partial charge in [0.15, 0.2) is 0 Å². The lowest BCUT2D eigenvalue weighted by Gasteiger charge is -2.05. The van der Waals surface area contributed by atoms with Crippen molar-refractivity contribution in [3.05, 3.63) is 45.0 Å². The molecule has 1 aromatic carbocycles. The fourth-order valence-electron chi connectivity index (χ4n) is 1.29. The van der Waals surface area contributed by atoms with Crippen LogP contribution in [0.3, 0.4) is 0 Å². The highest BCUT2D eigenvalue weighted by atomic mass is 35.5. The molecule has 0 unspecified atom stereocenters. The number of carboxylic acid groups (broad SMARTS) is 1. The van der Waals surface area contributed by atoms with Gasteiger partial charge < -0.3 is 5.11 Å². The Labute approximate surface area is 109 Å². The van der Waals surface area contributed by atoms with Gasteiger partial charge in [0.2, 0.25) is 5.78 Å². The maximum Gasteiger partial charge on any atom is 0.349 e. The second-order valence-corrected chi connectivity index (χ2v) is 4.34. The fraction of sp³-hybridized carbons (Fsp3) is 0.167. The highest BCUT2D eigenvalue weighted by molar-refractivity contribution is 6.55. The van der Waals surface area contributed by atoms with Gasteiger partial charge in [0.1, 0.15) is 10.1 Å². The summed E-state index contributed by atoms with van der Waals surface area (Å²) >= 11 is 11.1. The van der Waals surface area contributed by atoms with Crippen molar-refractivity contribution in [1.29, 1.82) is 0 Å². The van der Waals surface area contributed by atoms with Gasteiger partial charge >= 0.3 is 5.97 Å². The number of aryl methyl sites for hydroxylation is 2. The van der Waals surface area contributed by atoms with Crippen molar-refractivity contribution in [1.82, 2.24) is 0 Å². The van der Waals surface area contributed by atoms with E-state index in [4.69, 9.17) is 28.3 Å². The number of hydrogen-bond donors (Lipinski definition) is 1. The summed E-state index contributed by atoms with van der Waals surface area (Å²) in [4.78, 5) is 22.5. The Bertz CT molecular complexity index is 518. The SMILES string of the molecule is Cc1ccc(C)c(C(=O)/C(Cl)=C(/Cl)C(=O)O)c1. The molecule has 1 rings (SSSR count). The Balaban J connectivity index is 3.26. The van der Waals surface area contributed by atoms with Gasteiger partial charge in [-0.15, -0.1) is 0 Å². The standard InChI is InChI=1S/C12H10Cl2O3/c1-6-3-4-7(2)8(5-6)11(15)9(13)10(14)12(16)17/h3-5H,1-2H3,(H,16,17)/b10-9-. The minimum atomic E-state index is -1.42. The fourth-order valence-corrected chi connectivity index (χ4v) is 1.56. The average Bonchev–Trinajstić information content (AvgIpc) is 2.29. The molecule has 0 spiro atoms. The average molecular weight is 273 g/mol. The molecule has 3 nitrogen and oxygen atoms in total. The van der Waals surface area contributed by atoms with E-state index in [9.17, 15) is 9.59 Å². The van der Waals surface area contributed by atoms with Gasteiger partial charge in [-0.2, -0.15) is 0 Å². The molecule has 0 bridgehead atoms. The third kappa shape index (κ3) is 3.08. The molecule has 0 amide bonds. The zero-order chi connectivity index (χ0) is 13.2. The predicted molar refractivity (Wildman–Crippen MR) is 66.6 cm³/mol. The van der Waals surface area contributed by atoms with Gasteiger partial charge in [-0.3, -0.25) is 4.79 Å². The molecular weight excluding hydrogens is 263 g/mol. The number of allylic oxidation sites excluding steroid dienone is 1. The van der Waals surface area contributed by atoms with Crippen LogP contribution < -0.4 is 0 Å². The molecule has 0 aliphatic carbocycles. The maximum absolute atomic E-state index is 11.9. The summed E-state index contributed by atoms with van der Waals surface area (Å²) in [5, 5.41) is 7.50. The molecule has 0 aliphatic rings. The normalized spacial score (nSPS) is 12.0. The van der Waals surface area contributed by atoms with Crippen molar-refractivity contribution in [2.75, 3.05) is 0 Å². The summed E-state index contributed by atoms with van der Waals surface area (Å²) in [7, 11) is 0. The van der Waals surface area contributed by atoms with Crippen LogP contribution in [0.5, 0.6) is 0 Å². The lowest BCUT2D eigenvalue weighted by molar-refractivity contribution is -0.131. The molecular formula is C12H10Cl2O3. The van der Waals surface area contributed by atoms with Crippen LogP contribution in [-0.4, -0.2) is 16.9 Å². The van der Waals surface area contributed by atoms with E-state index in [0.29, 0.717) is 11.1 Å². The summed E-state index contributed by atoms with van der Waals surface area (Å²) in [5.41, 5.74) is 1.96. The molecule has 0 fully saturated rings. The summed E-state index contributed by atoms with van der Waals surface area (Å²) in [6.45, 7) is 3.57. The zero-order valence-electron chi connectivity index (χ0n) is 9.25. The number of rotatable bonds is 3. The van der Waals surface area contributed by atoms with Crippen molar-refractivity contribution in [3.63, 3.8) is 0 Å². The van der Waals surface area contributed by atoms with Crippen molar-refractivity contribution in [3.8, 4) is 0 Å². The topological polar surface area (TPSA) is 54.4 Å². The Hall–Kier alpha value is -1.32. The molecule has 0 aromatic heterocycles. The van der Waals surface area contributed by atoms with E-state index in [-0.39, 0.29) is 0 Å². The molecule has 5 heteroatoms. The number of aliphatic carboxylic acids is 1. The highest BCUT2D eigenvalue weighted by Gasteiger charge is 2.20. The third-order valence-corrected chi connectivity index (χ3v) is 3.03. The number of carbonyl (C=O) groups excluding carboxylic acids is 1. The first kappa shape index (κ1) is 13.7. The van der Waals surface area contributed by atoms with E-state index in [1.165, 1.54) is 0 Å². The first-order valence-electron chi connectivity index (χ1n) is 4.75. The minimum absolute atomic E-state index is 0.356. The molecule has 1 aromatic rings. The highest BCUT2D eigenvalue weighted by Crippen LogP contribution is 2.22. The molecule has 0 radical (unpaired) electrons. The monoisotopic (exact) mass is 272 g/mol. The van der Waals surface area contributed by atoms with Crippen LogP contribution >= 0.6 is 23.2 Å². The Kier molecular flexibility index (Phi) is 4.32.